The standard InChI is InChI=1S/C9H7ClN4O3/c10-7-2-1-6(5-8(7)14(16)17)13-9(15)12-4-3-11/h1-2,5H,4H2,(H2,12,13,15). The molecule has 88 valence electrons. The van der Waals surface area contributed by atoms with Crippen molar-refractivity contribution in [3.05, 3.63) is 33.3 Å². The Morgan fingerprint density at radius 3 is 2.88 bits per heavy atom. The van der Waals surface area contributed by atoms with Gasteiger partial charge in [0.05, 0.1) is 11.0 Å². The van der Waals surface area contributed by atoms with E-state index in [9.17, 15) is 14.9 Å². The molecule has 0 aliphatic heterocycles. The molecule has 0 radical (unpaired) electrons. The SMILES string of the molecule is N#CCNC(=O)Nc1ccc(Cl)c([N+](=O)[O-])c1. The van der Waals surface area contributed by atoms with Crippen molar-refractivity contribution in [2.75, 3.05) is 11.9 Å². The van der Waals surface area contributed by atoms with Crippen LogP contribution in [0.4, 0.5) is 16.2 Å². The van der Waals surface area contributed by atoms with Crippen molar-refractivity contribution in [3.8, 4) is 6.07 Å². The van der Waals surface area contributed by atoms with Gasteiger partial charge in [-0.05, 0) is 12.1 Å². The molecule has 0 fully saturated rings. The number of hydrogen-bond donors (Lipinski definition) is 2. The van der Waals surface area contributed by atoms with Gasteiger partial charge in [-0.2, -0.15) is 5.26 Å². The van der Waals surface area contributed by atoms with Crippen LogP contribution in [0.2, 0.25) is 5.02 Å². The summed E-state index contributed by atoms with van der Waals surface area (Å²) < 4.78 is 0. The van der Waals surface area contributed by atoms with Gasteiger partial charge in [0.1, 0.15) is 11.6 Å². The molecule has 2 N–H and O–H groups in total. The van der Waals surface area contributed by atoms with Crippen molar-refractivity contribution in [1.29, 1.82) is 5.26 Å². The van der Waals surface area contributed by atoms with Gasteiger partial charge in [0.15, 0.2) is 0 Å². The molecular formula is C9H7ClN4O3. The fraction of sp³-hybridized carbons (Fsp3) is 0.111. The van der Waals surface area contributed by atoms with Gasteiger partial charge in [0.2, 0.25) is 0 Å². The van der Waals surface area contributed by atoms with E-state index >= 15 is 0 Å². The molecule has 1 aromatic carbocycles. The maximum absolute atomic E-state index is 11.2. The minimum absolute atomic E-state index is 0.0158. The van der Waals surface area contributed by atoms with E-state index in [1.54, 1.807) is 6.07 Å². The van der Waals surface area contributed by atoms with Crippen molar-refractivity contribution < 1.29 is 9.72 Å². The summed E-state index contributed by atoms with van der Waals surface area (Å²) in [6, 6.07) is 4.96. The molecular weight excluding hydrogens is 248 g/mol. The second kappa shape index (κ2) is 5.67. The van der Waals surface area contributed by atoms with Crippen LogP contribution in [0.25, 0.3) is 0 Å². The fourth-order valence-electron chi connectivity index (χ4n) is 1.03. The Morgan fingerprint density at radius 1 is 1.59 bits per heavy atom. The summed E-state index contributed by atoms with van der Waals surface area (Å²) >= 11 is 5.60. The zero-order valence-electron chi connectivity index (χ0n) is 8.44. The van der Waals surface area contributed by atoms with Gasteiger partial charge in [0.25, 0.3) is 5.69 Å². The Bertz CT molecular complexity index is 498. The van der Waals surface area contributed by atoms with Gasteiger partial charge in [-0.3, -0.25) is 10.1 Å². The minimum atomic E-state index is -0.652. The topological polar surface area (TPSA) is 108 Å². The number of nitrogens with zero attached hydrogens (tertiary/aromatic N) is 2. The zero-order chi connectivity index (χ0) is 12.8. The lowest BCUT2D eigenvalue weighted by Crippen LogP contribution is -2.28. The number of hydrogen-bond acceptors (Lipinski definition) is 4. The quantitative estimate of drug-likeness (QED) is 0.488. The molecule has 7 nitrogen and oxygen atoms in total. The molecule has 0 aliphatic carbocycles. The first kappa shape index (κ1) is 12.7. The lowest BCUT2D eigenvalue weighted by molar-refractivity contribution is -0.384. The molecule has 0 aromatic heterocycles. The lowest BCUT2D eigenvalue weighted by Gasteiger charge is -2.05. The number of halogens is 1. The van der Waals surface area contributed by atoms with Gasteiger partial charge in [-0.1, -0.05) is 11.6 Å². The van der Waals surface area contributed by atoms with E-state index in [0.29, 0.717) is 0 Å². The van der Waals surface area contributed by atoms with E-state index in [1.165, 1.54) is 12.1 Å². The molecule has 0 spiro atoms. The van der Waals surface area contributed by atoms with Gasteiger partial charge in [0, 0.05) is 11.8 Å². The molecule has 1 rings (SSSR count). The Labute approximate surface area is 101 Å². The summed E-state index contributed by atoms with van der Waals surface area (Å²) in [4.78, 5) is 21.1. The third kappa shape index (κ3) is 3.62. The first-order chi connectivity index (χ1) is 8.04. The van der Waals surface area contributed by atoms with Gasteiger partial charge >= 0.3 is 6.03 Å². The highest BCUT2D eigenvalue weighted by Gasteiger charge is 2.13. The van der Waals surface area contributed by atoms with E-state index in [0.717, 1.165) is 6.07 Å². The highest BCUT2D eigenvalue weighted by atomic mass is 35.5. The van der Waals surface area contributed by atoms with Crippen molar-refractivity contribution in [3.63, 3.8) is 0 Å². The fourth-order valence-corrected chi connectivity index (χ4v) is 1.21. The van der Waals surface area contributed by atoms with Crippen LogP contribution in [0.15, 0.2) is 18.2 Å². The Morgan fingerprint density at radius 2 is 2.29 bits per heavy atom. The lowest BCUT2D eigenvalue weighted by atomic mass is 10.3. The van der Waals surface area contributed by atoms with Crippen LogP contribution >= 0.6 is 11.6 Å². The molecule has 17 heavy (non-hydrogen) atoms. The number of urea groups is 1. The molecule has 0 atom stereocenters. The molecule has 1 aromatic rings. The third-order valence-electron chi connectivity index (χ3n) is 1.73. The maximum atomic E-state index is 11.2. The van der Waals surface area contributed by atoms with E-state index in [2.05, 4.69) is 10.6 Å². The van der Waals surface area contributed by atoms with Crippen molar-refractivity contribution >= 4 is 29.0 Å². The summed E-state index contributed by atoms with van der Waals surface area (Å²) in [6.45, 7) is -0.151. The second-order valence-electron chi connectivity index (χ2n) is 2.89. The number of carbonyl (C=O) groups excluding carboxylic acids is 1. The molecule has 0 unspecified atom stereocenters. The first-order valence-electron chi connectivity index (χ1n) is 4.40. The summed E-state index contributed by atoms with van der Waals surface area (Å²) in [6.07, 6.45) is 0. The van der Waals surface area contributed by atoms with Crippen LogP contribution in [0, 0.1) is 21.4 Å². The average Bonchev–Trinajstić information content (AvgIpc) is 2.28. The second-order valence-corrected chi connectivity index (χ2v) is 3.30. The monoisotopic (exact) mass is 254 g/mol. The van der Waals surface area contributed by atoms with Crippen LogP contribution in [0.5, 0.6) is 0 Å². The van der Waals surface area contributed by atoms with Gasteiger partial charge in [-0.15, -0.1) is 0 Å². The third-order valence-corrected chi connectivity index (χ3v) is 2.05. The van der Waals surface area contributed by atoms with Crippen LogP contribution in [-0.2, 0) is 0 Å². The minimum Gasteiger partial charge on any atom is -0.325 e. The summed E-state index contributed by atoms with van der Waals surface area (Å²) in [5, 5.41) is 23.4. The number of anilines is 1. The number of nitrogens with one attached hydrogen (secondary N) is 2. The van der Waals surface area contributed by atoms with Gasteiger partial charge in [-0.25, -0.2) is 4.79 Å². The highest BCUT2D eigenvalue weighted by Crippen LogP contribution is 2.27. The number of nitro benzene ring substituents is 1. The van der Waals surface area contributed by atoms with Crippen molar-refractivity contribution in [2.45, 2.75) is 0 Å². The largest absolute Gasteiger partial charge is 0.325 e. The van der Waals surface area contributed by atoms with Crippen LogP contribution in [0.1, 0.15) is 0 Å². The normalized spacial score (nSPS) is 9.18. The van der Waals surface area contributed by atoms with Crippen LogP contribution in [0.3, 0.4) is 0 Å². The van der Waals surface area contributed by atoms with Crippen molar-refractivity contribution in [2.24, 2.45) is 0 Å². The number of amides is 2. The Kier molecular flexibility index (Phi) is 4.25. The van der Waals surface area contributed by atoms with E-state index in [-0.39, 0.29) is 22.9 Å². The summed E-state index contributed by atoms with van der Waals surface area (Å²) in [7, 11) is 0. The average molecular weight is 255 g/mol. The highest BCUT2D eigenvalue weighted by molar-refractivity contribution is 6.32. The van der Waals surface area contributed by atoms with Crippen LogP contribution < -0.4 is 10.6 Å². The summed E-state index contributed by atoms with van der Waals surface area (Å²) in [5.74, 6) is 0. The van der Waals surface area contributed by atoms with Crippen LogP contribution in [-0.4, -0.2) is 17.5 Å². The smallest absolute Gasteiger partial charge is 0.320 e. The number of carbonyl (C=O) groups is 1. The zero-order valence-corrected chi connectivity index (χ0v) is 9.19. The van der Waals surface area contributed by atoms with E-state index < -0.39 is 11.0 Å². The molecule has 0 heterocycles. The number of nitro groups is 1. The maximum Gasteiger partial charge on any atom is 0.320 e. The summed E-state index contributed by atoms with van der Waals surface area (Å²) in [5.41, 5.74) is -0.0821. The molecule has 8 heteroatoms. The molecule has 2 amide bonds. The predicted molar refractivity (Wildman–Crippen MR) is 60.7 cm³/mol. The molecule has 0 saturated carbocycles. The molecule has 0 saturated heterocycles. The first-order valence-corrected chi connectivity index (χ1v) is 4.78. The number of nitriles is 1. The van der Waals surface area contributed by atoms with E-state index in [4.69, 9.17) is 16.9 Å². The van der Waals surface area contributed by atoms with Gasteiger partial charge < -0.3 is 10.6 Å². The number of rotatable bonds is 3. The Balaban J connectivity index is 2.80. The van der Waals surface area contributed by atoms with Crippen molar-refractivity contribution in [1.82, 2.24) is 5.32 Å². The van der Waals surface area contributed by atoms with E-state index in [1.807, 2.05) is 0 Å². The predicted octanol–water partition coefficient (Wildman–Crippen LogP) is 1.89. The Hall–Kier alpha value is -2.33. The number of benzene rings is 1. The molecule has 0 aliphatic rings. The molecule has 0 bridgehead atoms.